The Bertz CT molecular complexity index is 1950. The number of carboxylic acids is 1. The molecule has 0 aliphatic carbocycles. The average Bonchev–Trinajstić information content (AvgIpc) is 3.49. The number of aromatic carboxylic acids is 1. The molecule has 0 amide bonds. The highest BCUT2D eigenvalue weighted by Gasteiger charge is 2.13. The number of aryl methyl sites for hydroxylation is 2. The molecule has 49 heavy (non-hydrogen) atoms. The molecule has 0 spiro atoms. The normalized spacial score (nSPS) is 9.82. The number of aromatic hydroxyl groups is 1. The molecule has 3 N–H and O–H groups in total. The van der Waals surface area contributed by atoms with E-state index in [0.717, 1.165) is 12.1 Å². The number of ether oxygens (including phenoxy) is 2. The number of carbonyl (C=O) groups excluding carboxylic acids is 3. The van der Waals surface area contributed by atoms with Crippen LogP contribution in [-0.2, 0) is 19.1 Å². The lowest BCUT2D eigenvalue weighted by Gasteiger charge is -2.00. The Hall–Kier alpha value is -6.77. The summed E-state index contributed by atoms with van der Waals surface area (Å²) in [5.41, 5.74) is 18.0. The number of phenols is 1. The summed E-state index contributed by atoms with van der Waals surface area (Å²) >= 11 is 0. The summed E-state index contributed by atoms with van der Waals surface area (Å²) in [6, 6.07) is 10.9. The quantitative estimate of drug-likeness (QED) is 0.0452. The smallest absolute Gasteiger partial charge is 0.340 e. The number of nitrogens with zero attached hydrogens (tertiary/aromatic N) is 6. The van der Waals surface area contributed by atoms with E-state index in [-0.39, 0.29) is 29.0 Å². The van der Waals surface area contributed by atoms with Crippen LogP contribution < -0.4 is 0 Å². The number of benzene rings is 3. The minimum Gasteiger partial charge on any atom is -0.505 e. The van der Waals surface area contributed by atoms with Gasteiger partial charge in [0, 0.05) is 33.0 Å². The van der Waals surface area contributed by atoms with E-state index in [1.807, 2.05) is 0 Å². The van der Waals surface area contributed by atoms with Gasteiger partial charge >= 0.3 is 17.9 Å². The highest BCUT2D eigenvalue weighted by atomic mass is 19.1. The summed E-state index contributed by atoms with van der Waals surface area (Å²) in [7, 11) is 2.40. The molecule has 0 unspecified atom stereocenters. The van der Waals surface area contributed by atoms with E-state index < -0.39 is 35.3 Å². The lowest BCUT2D eigenvalue weighted by Crippen LogP contribution is -2.02. The van der Waals surface area contributed by atoms with E-state index in [1.165, 1.54) is 38.6 Å². The number of aldehydes is 1. The molecule has 1 heterocycles. The summed E-state index contributed by atoms with van der Waals surface area (Å²) in [6.07, 6.45) is 3.14. The summed E-state index contributed by atoms with van der Waals surface area (Å²) in [6.45, 7) is 3.05. The minimum atomic E-state index is -1.14. The maximum atomic E-state index is 13.2. The molecule has 18 heteroatoms. The van der Waals surface area contributed by atoms with Crippen molar-refractivity contribution in [1.82, 2.24) is 4.98 Å². The number of phenolic OH excluding ortho intramolecular Hbond substituents is 1. The van der Waals surface area contributed by atoms with Crippen LogP contribution in [0.25, 0.3) is 37.9 Å². The third-order valence-corrected chi connectivity index (χ3v) is 5.85. The van der Waals surface area contributed by atoms with Gasteiger partial charge in [-0.15, -0.1) is 0 Å². The van der Waals surface area contributed by atoms with E-state index in [2.05, 4.69) is 34.5 Å². The first-order chi connectivity index (χ1) is 23.2. The number of hydrogen-bond donors (Lipinski definition) is 3. The highest BCUT2D eigenvalue weighted by Crippen LogP contribution is 2.25. The van der Waals surface area contributed by atoms with Crippen LogP contribution in [0.2, 0.25) is 0 Å². The Labute approximate surface area is 275 Å². The third kappa shape index (κ3) is 13.2. The van der Waals surface area contributed by atoms with E-state index in [9.17, 15) is 32.3 Å². The molecule has 3 aromatic carbocycles. The fourth-order valence-electron chi connectivity index (χ4n) is 3.28. The number of aromatic nitrogens is 1. The molecule has 4 aromatic rings. The van der Waals surface area contributed by atoms with Gasteiger partial charge in [0.05, 0.1) is 25.3 Å². The number of esters is 2. The maximum Gasteiger partial charge on any atom is 0.340 e. The Kier molecular flexibility index (Phi) is 16.7. The molecule has 15 nitrogen and oxygen atoms in total. The number of azide groups is 2. The molecule has 4 rings (SSSR count). The summed E-state index contributed by atoms with van der Waals surface area (Å²) in [4.78, 5) is 49.5. The van der Waals surface area contributed by atoms with E-state index in [0.29, 0.717) is 34.1 Å². The van der Waals surface area contributed by atoms with Gasteiger partial charge in [-0.1, -0.05) is 34.5 Å². The first-order valence-electron chi connectivity index (χ1n) is 13.4. The van der Waals surface area contributed by atoms with Gasteiger partial charge in [0.1, 0.15) is 30.2 Å². The van der Waals surface area contributed by atoms with Crippen molar-refractivity contribution in [2.45, 2.75) is 13.8 Å². The average molecular weight is 684 g/mol. The monoisotopic (exact) mass is 683 g/mol. The van der Waals surface area contributed by atoms with Crippen molar-refractivity contribution in [3.63, 3.8) is 0 Å². The van der Waals surface area contributed by atoms with Crippen LogP contribution in [0.5, 0.6) is 5.75 Å². The molecular weight excluding hydrogens is 655 g/mol. The van der Waals surface area contributed by atoms with Crippen LogP contribution in [0.15, 0.2) is 70.7 Å². The highest BCUT2D eigenvalue weighted by molar-refractivity contribution is 6.03. The summed E-state index contributed by atoms with van der Waals surface area (Å²) in [5.74, 6) is -4.50. The second kappa shape index (κ2) is 20.4. The van der Waals surface area contributed by atoms with Gasteiger partial charge in [0.2, 0.25) is 0 Å². The Balaban J connectivity index is 0.000000340. The predicted molar refractivity (Wildman–Crippen MR) is 170 cm³/mol. The number of methoxy groups -OCH3 is 2. The minimum absolute atomic E-state index is 0.0149. The molecule has 0 fully saturated rings. The van der Waals surface area contributed by atoms with Crippen LogP contribution in [-0.4, -0.2) is 60.2 Å². The number of carbonyl (C=O) groups is 4. The van der Waals surface area contributed by atoms with Crippen LogP contribution in [0, 0.1) is 31.3 Å². The topological polar surface area (TPSA) is 241 Å². The number of H-pyrrole nitrogens is 1. The van der Waals surface area contributed by atoms with Gasteiger partial charge in [-0.25, -0.2) is 22.8 Å². The van der Waals surface area contributed by atoms with Crippen molar-refractivity contribution in [3.8, 4) is 5.75 Å². The van der Waals surface area contributed by atoms with Gasteiger partial charge in [-0.3, -0.25) is 9.59 Å². The molecule has 256 valence electrons. The summed E-state index contributed by atoms with van der Waals surface area (Å²) in [5, 5.41) is 24.1. The number of rotatable bonds is 7. The van der Waals surface area contributed by atoms with Crippen LogP contribution in [0.3, 0.4) is 0 Å². The molecule has 0 aliphatic heterocycles. The zero-order valence-electron chi connectivity index (χ0n) is 26.2. The van der Waals surface area contributed by atoms with E-state index in [4.69, 9.17) is 21.3 Å². The SMILES string of the molecule is COC(=O)/C(=C/c1ccc(C)c(F)c1)N=[N+]=[N-].COC(=O)CN=[N+]=[N-].Cc1ccc(C=O)cc1F.O=C(O)c1c[nH]c2cc(O)c(F)cc12. The van der Waals surface area contributed by atoms with Gasteiger partial charge in [0.25, 0.3) is 0 Å². The van der Waals surface area contributed by atoms with E-state index >= 15 is 0 Å². The van der Waals surface area contributed by atoms with E-state index in [1.54, 1.807) is 38.1 Å². The fraction of sp³-hybridized carbons (Fsp3) is 0.161. The first kappa shape index (κ1) is 40.3. The molecule has 0 saturated heterocycles. The molecule has 0 radical (unpaired) electrons. The second-order valence-electron chi connectivity index (χ2n) is 9.17. The van der Waals surface area contributed by atoms with Crippen LogP contribution >= 0.6 is 0 Å². The predicted octanol–water partition coefficient (Wildman–Crippen LogP) is 7.09. The molecule has 0 bridgehead atoms. The van der Waals surface area contributed by atoms with Crippen molar-refractivity contribution in [2.75, 3.05) is 20.8 Å². The number of nitrogens with one attached hydrogen (secondary N) is 1. The third-order valence-electron chi connectivity index (χ3n) is 5.85. The maximum absolute atomic E-state index is 13.2. The molecule has 1 aromatic heterocycles. The van der Waals surface area contributed by atoms with Gasteiger partial charge < -0.3 is 24.7 Å². The molecule has 0 saturated carbocycles. The van der Waals surface area contributed by atoms with Gasteiger partial charge in [0.15, 0.2) is 11.6 Å². The zero-order chi connectivity index (χ0) is 37.1. The summed E-state index contributed by atoms with van der Waals surface area (Å²) < 4.78 is 47.3. The Morgan fingerprint density at radius 1 is 0.898 bits per heavy atom. The number of halogens is 3. The Morgan fingerprint density at radius 2 is 1.49 bits per heavy atom. The lowest BCUT2D eigenvalue weighted by molar-refractivity contribution is -0.139. The number of carboxylic acid groups (broad SMARTS) is 1. The van der Waals surface area contributed by atoms with Crippen molar-refractivity contribution in [1.29, 1.82) is 0 Å². The van der Waals surface area contributed by atoms with Crippen molar-refractivity contribution < 1.29 is 52.0 Å². The zero-order valence-corrected chi connectivity index (χ0v) is 26.2. The molecule has 0 aliphatic rings. The second-order valence-corrected chi connectivity index (χ2v) is 9.17. The largest absolute Gasteiger partial charge is 0.505 e. The number of hydrogen-bond acceptors (Lipinski definition) is 9. The fourth-order valence-corrected chi connectivity index (χ4v) is 3.28. The van der Waals surface area contributed by atoms with Gasteiger partial charge in [-0.05, 0) is 65.9 Å². The number of aromatic amines is 1. The number of fused-ring (bicyclic) bond motifs is 1. The van der Waals surface area contributed by atoms with Crippen molar-refractivity contribution in [2.24, 2.45) is 10.2 Å². The first-order valence-corrected chi connectivity index (χ1v) is 13.4. The van der Waals surface area contributed by atoms with Crippen molar-refractivity contribution in [3.05, 3.63) is 127 Å². The Morgan fingerprint density at radius 3 is 1.98 bits per heavy atom. The van der Waals surface area contributed by atoms with Crippen LogP contribution in [0.4, 0.5) is 13.2 Å². The van der Waals surface area contributed by atoms with Gasteiger partial charge in [-0.2, -0.15) is 0 Å². The lowest BCUT2D eigenvalue weighted by atomic mass is 10.1. The van der Waals surface area contributed by atoms with Crippen molar-refractivity contribution >= 4 is 41.2 Å². The van der Waals surface area contributed by atoms with Crippen LogP contribution in [0.1, 0.15) is 37.4 Å². The molecule has 0 atom stereocenters. The molecular formula is C31H28F3N7O8. The standard InChI is InChI=1S/C11H10FN3O2.C9H6FNO3.C8H7FO.C3H5N3O2/c1-7-3-4-8(5-9(7)12)6-10(14-15-13)11(16)17-2;10-6-1-4-5(9(13)14)3-11-7(4)2-8(6)12;1-6-2-3-7(5-10)4-8(6)9;1-8-3(7)2-5-6-4/h3-6H,1-2H3;1-3,11-12H,(H,13,14);2-5H,1H3;2H2,1H3/b10-6-;;;.